The lowest BCUT2D eigenvalue weighted by Crippen LogP contribution is -2.40. The maximum atomic E-state index is 13.4. The monoisotopic (exact) mass is 775 g/mol. The first-order valence-electron chi connectivity index (χ1n) is 16.5. The molecule has 1 fully saturated rings. The zero-order chi connectivity index (χ0) is 36.7. The van der Waals surface area contributed by atoms with Crippen LogP contribution in [0.25, 0.3) is 0 Å². The molecule has 0 aliphatic heterocycles. The Kier molecular flexibility index (Phi) is 12.1. The maximum absolute atomic E-state index is 13.4. The van der Waals surface area contributed by atoms with Gasteiger partial charge in [0.1, 0.15) is 0 Å². The number of aromatic carboxylic acids is 1. The zero-order valence-corrected chi connectivity index (χ0v) is 30.2. The van der Waals surface area contributed by atoms with Gasteiger partial charge in [0.05, 0.1) is 27.6 Å². The van der Waals surface area contributed by atoms with Gasteiger partial charge in [0.2, 0.25) is 10.0 Å². The number of sulfonamides is 1. The lowest BCUT2D eigenvalue weighted by atomic mass is 9.79. The van der Waals surface area contributed by atoms with Gasteiger partial charge < -0.3 is 20.8 Å². The van der Waals surface area contributed by atoms with Crippen LogP contribution < -0.4 is 15.4 Å². The van der Waals surface area contributed by atoms with Gasteiger partial charge in [-0.1, -0.05) is 46.3 Å². The summed E-state index contributed by atoms with van der Waals surface area (Å²) < 4.78 is 29.9. The Balaban J connectivity index is 1.21. The molecule has 1 aliphatic rings. The van der Waals surface area contributed by atoms with Crippen LogP contribution in [0.2, 0.25) is 0 Å². The van der Waals surface area contributed by atoms with Gasteiger partial charge in [-0.15, -0.1) is 0 Å². The predicted octanol–water partition coefficient (Wildman–Crippen LogP) is 6.99. The summed E-state index contributed by atoms with van der Waals surface area (Å²) in [5, 5.41) is 23.9. The third kappa shape index (κ3) is 9.90. The minimum atomic E-state index is -3.99. The van der Waals surface area contributed by atoms with Gasteiger partial charge in [-0.2, -0.15) is 0 Å². The molecule has 11 nitrogen and oxygen atoms in total. The molecule has 51 heavy (non-hydrogen) atoms. The highest BCUT2D eigenvalue weighted by molar-refractivity contribution is 9.10. The van der Waals surface area contributed by atoms with Crippen molar-refractivity contribution in [2.45, 2.75) is 56.4 Å². The van der Waals surface area contributed by atoms with Crippen LogP contribution in [0.15, 0.2) is 100 Å². The average Bonchev–Trinajstić information content (AvgIpc) is 3.11. The van der Waals surface area contributed by atoms with Crippen LogP contribution in [0.3, 0.4) is 0 Å². The first-order valence-corrected chi connectivity index (χ1v) is 18.8. The van der Waals surface area contributed by atoms with E-state index in [4.69, 9.17) is 5.11 Å². The Labute approximate surface area is 304 Å². The van der Waals surface area contributed by atoms with E-state index in [2.05, 4.69) is 31.3 Å². The fourth-order valence-electron chi connectivity index (χ4n) is 6.15. The number of hydrogen-bond donors (Lipinski definition) is 5. The number of rotatable bonds is 13. The van der Waals surface area contributed by atoms with E-state index >= 15 is 0 Å². The summed E-state index contributed by atoms with van der Waals surface area (Å²) in [6, 6.07) is 24.1. The normalized spacial score (nSPS) is 16.5. The van der Waals surface area contributed by atoms with Gasteiger partial charge in [-0.25, -0.2) is 17.9 Å². The molecule has 13 heteroatoms. The number of carbonyl (C=O) groups is 4. The van der Waals surface area contributed by atoms with Gasteiger partial charge in [-0.05, 0) is 123 Å². The summed E-state index contributed by atoms with van der Waals surface area (Å²) in [5.41, 5.74) is 3.31. The lowest BCUT2D eigenvalue weighted by Gasteiger charge is -2.30. The van der Waals surface area contributed by atoms with Crippen LogP contribution in [0.5, 0.6) is 0 Å². The van der Waals surface area contributed by atoms with Crippen molar-refractivity contribution in [2.75, 3.05) is 10.6 Å². The fraction of sp³-hybridized carbons (Fsp3) is 0.263. The fourth-order valence-corrected chi connectivity index (χ4v) is 7.87. The van der Waals surface area contributed by atoms with Gasteiger partial charge in [0, 0.05) is 21.8 Å². The number of benzene rings is 4. The van der Waals surface area contributed by atoms with Crippen molar-refractivity contribution in [3.8, 4) is 0 Å². The average molecular weight is 777 g/mol. The van der Waals surface area contributed by atoms with Crippen LogP contribution in [-0.4, -0.2) is 48.4 Å². The van der Waals surface area contributed by atoms with Crippen molar-refractivity contribution in [3.05, 3.63) is 123 Å². The number of anilines is 2. The Morgan fingerprint density at radius 3 is 2.00 bits per heavy atom. The highest BCUT2D eigenvalue weighted by Crippen LogP contribution is 2.32. The molecular formula is C38H38BrN3O8S. The van der Waals surface area contributed by atoms with Crippen molar-refractivity contribution in [2.24, 2.45) is 11.8 Å². The SMILES string of the molecule is CC(NS(=O)(=O)c1cccc(C(=O)Nc2cc(Br)ccc2C(=O)Nc2ccc(CCc3ccc(C(=O)O)cc3)cc2)c1)C1CCC(C(=O)O)CC1. The van der Waals surface area contributed by atoms with E-state index < -0.39 is 45.7 Å². The molecular weight excluding hydrogens is 738 g/mol. The molecule has 0 heterocycles. The van der Waals surface area contributed by atoms with Gasteiger partial charge >= 0.3 is 11.9 Å². The molecule has 1 aliphatic carbocycles. The van der Waals surface area contributed by atoms with E-state index in [1.54, 1.807) is 61.5 Å². The number of carboxylic acid groups (broad SMARTS) is 2. The van der Waals surface area contributed by atoms with E-state index in [1.165, 1.54) is 24.3 Å². The standard InChI is InChI=1S/C38H38BrN3O8S/c1-23(26-13-15-28(16-14-26)38(47)48)42-51(49,50)32-4-2-3-29(21-32)35(43)41-34-22-30(39)17-20-33(34)36(44)40-31-18-9-25(10-19-31)6-5-24-7-11-27(12-8-24)37(45)46/h2-4,7-12,17-23,26,28,42H,5-6,13-16H2,1H3,(H,40,44)(H,41,43)(H,45,46)(H,47,48). The molecule has 5 N–H and O–H groups in total. The zero-order valence-electron chi connectivity index (χ0n) is 27.8. The van der Waals surface area contributed by atoms with Crippen molar-refractivity contribution in [1.29, 1.82) is 0 Å². The number of hydrogen-bond acceptors (Lipinski definition) is 6. The molecule has 0 radical (unpaired) electrons. The van der Waals surface area contributed by atoms with Crippen LogP contribution >= 0.6 is 15.9 Å². The number of aliphatic carboxylic acids is 1. The first-order chi connectivity index (χ1) is 24.3. The van der Waals surface area contributed by atoms with Gasteiger partial charge in [0.15, 0.2) is 0 Å². The number of aryl methyl sites for hydroxylation is 2. The number of nitrogens with one attached hydrogen (secondary N) is 3. The molecule has 2 amide bonds. The molecule has 4 aromatic rings. The number of amides is 2. The van der Waals surface area contributed by atoms with Gasteiger partial charge in [0.25, 0.3) is 11.8 Å². The molecule has 5 rings (SSSR count). The summed E-state index contributed by atoms with van der Waals surface area (Å²) in [6.07, 6.45) is 3.64. The molecule has 1 unspecified atom stereocenters. The molecule has 0 spiro atoms. The Bertz CT molecular complexity index is 2030. The molecule has 1 atom stereocenters. The minimum Gasteiger partial charge on any atom is -0.481 e. The summed E-state index contributed by atoms with van der Waals surface area (Å²) >= 11 is 3.39. The molecule has 0 saturated heterocycles. The molecule has 0 aromatic heterocycles. The highest BCUT2D eigenvalue weighted by Gasteiger charge is 2.31. The Hall–Kier alpha value is -4.85. The van der Waals surface area contributed by atoms with Crippen molar-refractivity contribution in [1.82, 2.24) is 4.72 Å². The first kappa shape index (κ1) is 37.4. The van der Waals surface area contributed by atoms with Crippen molar-refractivity contribution < 1.29 is 37.8 Å². The predicted molar refractivity (Wildman–Crippen MR) is 197 cm³/mol. The number of carboxylic acids is 2. The quantitative estimate of drug-likeness (QED) is 0.0964. The van der Waals surface area contributed by atoms with E-state index in [0.29, 0.717) is 35.8 Å². The van der Waals surface area contributed by atoms with Gasteiger partial charge in [-0.3, -0.25) is 14.4 Å². The summed E-state index contributed by atoms with van der Waals surface area (Å²) in [6.45, 7) is 1.76. The summed E-state index contributed by atoms with van der Waals surface area (Å²) in [4.78, 5) is 49.0. The second kappa shape index (κ2) is 16.4. The lowest BCUT2D eigenvalue weighted by molar-refractivity contribution is -0.143. The molecule has 1 saturated carbocycles. The Morgan fingerprint density at radius 2 is 1.39 bits per heavy atom. The van der Waals surface area contributed by atoms with E-state index in [0.717, 1.165) is 24.0 Å². The smallest absolute Gasteiger partial charge is 0.335 e. The maximum Gasteiger partial charge on any atom is 0.335 e. The molecule has 266 valence electrons. The van der Waals surface area contributed by atoms with Crippen molar-refractivity contribution in [3.63, 3.8) is 0 Å². The second-order valence-electron chi connectivity index (χ2n) is 12.7. The third-order valence-electron chi connectivity index (χ3n) is 9.17. The highest BCUT2D eigenvalue weighted by atomic mass is 79.9. The second-order valence-corrected chi connectivity index (χ2v) is 15.3. The van der Waals surface area contributed by atoms with Crippen LogP contribution in [-0.2, 0) is 27.7 Å². The van der Waals surface area contributed by atoms with E-state index in [9.17, 15) is 32.7 Å². The summed E-state index contributed by atoms with van der Waals surface area (Å²) in [5.74, 6) is -3.27. The number of halogens is 1. The third-order valence-corrected chi connectivity index (χ3v) is 11.2. The van der Waals surface area contributed by atoms with Crippen LogP contribution in [0.1, 0.15) is 74.8 Å². The molecule has 0 bridgehead atoms. The van der Waals surface area contributed by atoms with E-state index in [-0.39, 0.29) is 33.2 Å². The van der Waals surface area contributed by atoms with Crippen LogP contribution in [0.4, 0.5) is 11.4 Å². The van der Waals surface area contributed by atoms with Crippen molar-refractivity contribution >= 4 is 61.1 Å². The largest absolute Gasteiger partial charge is 0.481 e. The summed E-state index contributed by atoms with van der Waals surface area (Å²) in [7, 11) is -3.99. The minimum absolute atomic E-state index is 0.00211. The topological polar surface area (TPSA) is 179 Å². The number of carbonyl (C=O) groups excluding carboxylic acids is 2. The Morgan fingerprint density at radius 1 is 0.765 bits per heavy atom. The van der Waals surface area contributed by atoms with E-state index in [1.807, 2.05) is 12.1 Å². The molecule has 4 aromatic carbocycles. The van der Waals surface area contributed by atoms with Crippen LogP contribution in [0, 0.1) is 11.8 Å².